The Morgan fingerprint density at radius 3 is 2.45 bits per heavy atom. The van der Waals surface area contributed by atoms with E-state index in [-0.39, 0.29) is 5.02 Å². The smallest absolute Gasteiger partial charge is 0.239 e. The highest BCUT2D eigenvalue weighted by Gasteiger charge is 2.11. The molecule has 1 rings (SSSR count). The predicted molar refractivity (Wildman–Crippen MR) is 36.2 cm³/mol. The van der Waals surface area contributed by atoms with Gasteiger partial charge in [-0.15, -0.1) is 0 Å². The molecule has 4 heteroatoms. The average molecular weight is 176 g/mol. The Balaban J connectivity index is 3.40. The van der Waals surface area contributed by atoms with Gasteiger partial charge in [0.05, 0.1) is 10.6 Å². The molecule has 0 saturated carbocycles. The van der Waals surface area contributed by atoms with Crippen LogP contribution >= 0.6 is 11.6 Å². The fourth-order valence-electron chi connectivity index (χ4n) is 0.621. The van der Waals surface area contributed by atoms with Gasteiger partial charge >= 0.3 is 0 Å². The molecular formula is C7H2ClF2O. The third kappa shape index (κ3) is 1.38. The van der Waals surface area contributed by atoms with Crippen LogP contribution in [0.25, 0.3) is 0 Å². The summed E-state index contributed by atoms with van der Waals surface area (Å²) in [6.07, 6.45) is 1.12. The average Bonchev–Trinajstić information content (AvgIpc) is 1.99. The van der Waals surface area contributed by atoms with Crippen LogP contribution in [0, 0.1) is 11.6 Å². The first kappa shape index (κ1) is 8.14. The molecule has 57 valence electrons. The van der Waals surface area contributed by atoms with Gasteiger partial charge in [0.15, 0.2) is 5.82 Å². The molecule has 1 aromatic rings. The van der Waals surface area contributed by atoms with Crippen LogP contribution in [0.2, 0.25) is 5.02 Å². The molecule has 0 aliphatic heterocycles. The third-order valence-corrected chi connectivity index (χ3v) is 1.44. The normalized spacial score (nSPS) is 9.73. The van der Waals surface area contributed by atoms with E-state index in [1.54, 1.807) is 0 Å². The van der Waals surface area contributed by atoms with Gasteiger partial charge in [-0.25, -0.2) is 8.78 Å². The summed E-state index contributed by atoms with van der Waals surface area (Å²) in [5.74, 6) is -2.02. The molecule has 0 saturated heterocycles. The SMILES string of the molecule is O=[C]c1c(F)ccc(Cl)c1F. The van der Waals surface area contributed by atoms with Gasteiger partial charge in [0, 0.05) is 0 Å². The molecule has 0 atom stereocenters. The van der Waals surface area contributed by atoms with E-state index >= 15 is 0 Å². The molecule has 11 heavy (non-hydrogen) atoms. The Kier molecular flexibility index (Phi) is 2.19. The van der Waals surface area contributed by atoms with Crippen molar-refractivity contribution < 1.29 is 13.6 Å². The van der Waals surface area contributed by atoms with Crippen molar-refractivity contribution in [2.24, 2.45) is 0 Å². The van der Waals surface area contributed by atoms with E-state index in [1.807, 2.05) is 0 Å². The molecule has 0 aliphatic carbocycles. The first-order valence-corrected chi connectivity index (χ1v) is 3.06. The standard InChI is InChI=1S/C7H2ClF2O/c8-5-1-2-6(9)4(3-11)7(5)10/h1-2H. The summed E-state index contributed by atoms with van der Waals surface area (Å²) < 4.78 is 25.1. The van der Waals surface area contributed by atoms with Crippen LogP contribution in [0.15, 0.2) is 12.1 Å². The number of benzene rings is 1. The van der Waals surface area contributed by atoms with Crippen molar-refractivity contribution in [2.45, 2.75) is 0 Å². The lowest BCUT2D eigenvalue weighted by atomic mass is 10.2. The second-order valence-electron chi connectivity index (χ2n) is 1.82. The molecule has 0 bridgehead atoms. The minimum atomic E-state index is -1.07. The molecule has 1 radical (unpaired) electrons. The topological polar surface area (TPSA) is 17.1 Å². The maximum atomic E-state index is 12.6. The fraction of sp³-hybridized carbons (Fsp3) is 0. The molecule has 0 fully saturated rings. The van der Waals surface area contributed by atoms with Crippen LogP contribution in [-0.2, 0) is 4.79 Å². The number of hydrogen-bond donors (Lipinski definition) is 0. The van der Waals surface area contributed by atoms with E-state index in [0.717, 1.165) is 18.4 Å². The van der Waals surface area contributed by atoms with Crippen LogP contribution in [0.1, 0.15) is 5.56 Å². The number of halogens is 3. The summed E-state index contributed by atoms with van der Waals surface area (Å²) in [6, 6.07) is 1.94. The fourth-order valence-corrected chi connectivity index (χ4v) is 0.778. The van der Waals surface area contributed by atoms with Gasteiger partial charge < -0.3 is 0 Å². The van der Waals surface area contributed by atoms with Gasteiger partial charge in [-0.3, -0.25) is 4.79 Å². The molecule has 0 heterocycles. The second-order valence-corrected chi connectivity index (χ2v) is 2.23. The summed E-state index contributed by atoms with van der Waals surface area (Å²) in [4.78, 5) is 9.94. The Morgan fingerprint density at radius 1 is 1.36 bits per heavy atom. The maximum Gasteiger partial charge on any atom is 0.239 e. The molecule has 0 spiro atoms. The lowest BCUT2D eigenvalue weighted by molar-refractivity contribution is 0.542. The molecule has 1 aromatic carbocycles. The molecule has 0 amide bonds. The Hall–Kier alpha value is -0.960. The lowest BCUT2D eigenvalue weighted by Crippen LogP contribution is -1.93. The van der Waals surface area contributed by atoms with Crippen LogP contribution in [0.4, 0.5) is 8.78 Å². The summed E-state index contributed by atoms with van der Waals surface area (Å²) in [7, 11) is 0. The lowest BCUT2D eigenvalue weighted by Gasteiger charge is -1.96. The first-order chi connectivity index (χ1) is 5.16. The van der Waals surface area contributed by atoms with Gasteiger partial charge in [0.1, 0.15) is 5.82 Å². The zero-order chi connectivity index (χ0) is 8.43. The van der Waals surface area contributed by atoms with E-state index in [0.29, 0.717) is 0 Å². The van der Waals surface area contributed by atoms with Crippen molar-refractivity contribution in [3.8, 4) is 0 Å². The highest BCUT2D eigenvalue weighted by Crippen LogP contribution is 2.18. The van der Waals surface area contributed by atoms with Crippen molar-refractivity contribution >= 4 is 17.9 Å². The van der Waals surface area contributed by atoms with Crippen LogP contribution in [0.5, 0.6) is 0 Å². The number of hydrogen-bond acceptors (Lipinski definition) is 1. The minimum absolute atomic E-state index is 0.287. The van der Waals surface area contributed by atoms with Crippen molar-refractivity contribution in [3.63, 3.8) is 0 Å². The van der Waals surface area contributed by atoms with Gasteiger partial charge in [-0.1, -0.05) is 11.6 Å². The largest absolute Gasteiger partial charge is 0.285 e. The molecular weight excluding hydrogens is 174 g/mol. The summed E-state index contributed by atoms with van der Waals surface area (Å²) in [5, 5.41) is -0.287. The summed E-state index contributed by atoms with van der Waals surface area (Å²) in [5.41, 5.74) is -0.752. The third-order valence-electron chi connectivity index (χ3n) is 1.15. The first-order valence-electron chi connectivity index (χ1n) is 2.68. The molecule has 0 aliphatic rings. The van der Waals surface area contributed by atoms with Crippen molar-refractivity contribution in [3.05, 3.63) is 34.4 Å². The molecule has 0 aromatic heterocycles. The van der Waals surface area contributed by atoms with Gasteiger partial charge in [-0.05, 0) is 12.1 Å². The molecule has 1 nitrogen and oxygen atoms in total. The molecule has 0 unspecified atom stereocenters. The Bertz CT molecular complexity index is 299. The van der Waals surface area contributed by atoms with Crippen molar-refractivity contribution in [1.29, 1.82) is 0 Å². The summed E-state index contributed by atoms with van der Waals surface area (Å²) in [6.45, 7) is 0. The Morgan fingerprint density at radius 2 is 2.00 bits per heavy atom. The van der Waals surface area contributed by atoms with Crippen LogP contribution < -0.4 is 0 Å². The van der Waals surface area contributed by atoms with Gasteiger partial charge in [-0.2, -0.15) is 0 Å². The zero-order valence-corrected chi connectivity index (χ0v) is 5.95. The zero-order valence-electron chi connectivity index (χ0n) is 5.20. The second kappa shape index (κ2) is 2.96. The van der Waals surface area contributed by atoms with Crippen molar-refractivity contribution in [2.75, 3.05) is 0 Å². The van der Waals surface area contributed by atoms with Crippen LogP contribution in [-0.4, -0.2) is 6.29 Å². The van der Waals surface area contributed by atoms with E-state index in [2.05, 4.69) is 0 Å². The molecule has 0 N–H and O–H groups in total. The highest BCUT2D eigenvalue weighted by molar-refractivity contribution is 6.31. The van der Waals surface area contributed by atoms with E-state index in [9.17, 15) is 13.6 Å². The quantitative estimate of drug-likeness (QED) is 0.598. The van der Waals surface area contributed by atoms with Gasteiger partial charge in [0.2, 0.25) is 6.29 Å². The van der Waals surface area contributed by atoms with Crippen molar-refractivity contribution in [1.82, 2.24) is 0 Å². The minimum Gasteiger partial charge on any atom is -0.285 e. The maximum absolute atomic E-state index is 12.6. The number of rotatable bonds is 1. The van der Waals surface area contributed by atoms with E-state index in [4.69, 9.17) is 11.6 Å². The van der Waals surface area contributed by atoms with Gasteiger partial charge in [0.25, 0.3) is 0 Å². The highest BCUT2D eigenvalue weighted by atomic mass is 35.5. The van der Waals surface area contributed by atoms with E-state index in [1.165, 1.54) is 0 Å². The number of carbonyl (C=O) groups excluding carboxylic acids is 1. The summed E-state index contributed by atoms with van der Waals surface area (Å²) >= 11 is 5.24. The monoisotopic (exact) mass is 175 g/mol. The van der Waals surface area contributed by atoms with E-state index < -0.39 is 17.2 Å². The van der Waals surface area contributed by atoms with Crippen LogP contribution in [0.3, 0.4) is 0 Å². The predicted octanol–water partition coefficient (Wildman–Crippen LogP) is 2.08. The Labute approximate surface area is 66.6 Å².